The predicted molar refractivity (Wildman–Crippen MR) is 65.6 cm³/mol. The van der Waals surface area contributed by atoms with E-state index >= 15 is 0 Å². The Morgan fingerprint density at radius 2 is 1.76 bits per heavy atom. The Morgan fingerprint density at radius 1 is 1.24 bits per heavy atom. The van der Waals surface area contributed by atoms with Gasteiger partial charge in [0.25, 0.3) is 0 Å². The summed E-state index contributed by atoms with van der Waals surface area (Å²) >= 11 is 0. The van der Waals surface area contributed by atoms with Gasteiger partial charge in [-0.25, -0.2) is 0 Å². The number of benzene rings is 1. The molecule has 0 heterocycles. The summed E-state index contributed by atoms with van der Waals surface area (Å²) in [6, 6.07) is 9.55. The van der Waals surface area contributed by atoms with Crippen LogP contribution in [0.4, 0.5) is 0 Å². The lowest BCUT2D eigenvalue weighted by Gasteiger charge is -2.23. The van der Waals surface area contributed by atoms with Crippen molar-refractivity contribution in [2.75, 3.05) is 0 Å². The molecule has 0 atom stereocenters. The molecule has 0 saturated carbocycles. The van der Waals surface area contributed by atoms with E-state index in [2.05, 4.69) is 0 Å². The van der Waals surface area contributed by atoms with E-state index in [4.69, 9.17) is 9.79 Å². The molecule has 0 amide bonds. The maximum Gasteiger partial charge on any atom is 0.392 e. The van der Waals surface area contributed by atoms with Crippen LogP contribution in [0, 0.1) is 5.41 Å². The second-order valence-corrected chi connectivity index (χ2v) is 6.21. The summed E-state index contributed by atoms with van der Waals surface area (Å²) in [7, 11) is -4.64. The van der Waals surface area contributed by atoms with Gasteiger partial charge in [-0.1, -0.05) is 44.2 Å². The van der Waals surface area contributed by atoms with Crippen LogP contribution in [0.2, 0.25) is 0 Å². The van der Waals surface area contributed by atoms with Crippen molar-refractivity contribution in [3.05, 3.63) is 35.9 Å². The molecule has 0 unspecified atom stereocenters. The number of hydrogen-bond donors (Lipinski definition) is 2. The largest absolute Gasteiger partial charge is 0.392 e. The van der Waals surface area contributed by atoms with Gasteiger partial charge in [0.15, 0.2) is 0 Å². The maximum atomic E-state index is 11.5. The van der Waals surface area contributed by atoms with Crippen LogP contribution in [0.3, 0.4) is 0 Å². The molecule has 0 aliphatic carbocycles. The first-order chi connectivity index (χ1) is 7.73. The zero-order valence-electron chi connectivity index (χ0n) is 9.96. The minimum atomic E-state index is -4.64. The van der Waals surface area contributed by atoms with Crippen LogP contribution in [0.1, 0.15) is 25.8 Å². The van der Waals surface area contributed by atoms with Crippen LogP contribution >= 0.6 is 7.60 Å². The standard InChI is InChI=1S/C12H17O4P/c1-12(2,11(13)17(14,15)16)9-8-10-6-4-3-5-7-10/h3-7H,8-9H2,1-2H3,(H2,14,15,16). The van der Waals surface area contributed by atoms with Crippen LogP contribution in [0.5, 0.6) is 0 Å². The first-order valence-electron chi connectivity index (χ1n) is 5.38. The molecule has 0 fully saturated rings. The van der Waals surface area contributed by atoms with Crippen molar-refractivity contribution in [3.63, 3.8) is 0 Å². The third-order valence-electron chi connectivity index (χ3n) is 2.73. The summed E-state index contributed by atoms with van der Waals surface area (Å²) in [4.78, 5) is 29.3. The van der Waals surface area contributed by atoms with Gasteiger partial charge in [-0.2, -0.15) is 0 Å². The highest BCUT2D eigenvalue weighted by atomic mass is 31.2. The minimum Gasteiger partial charge on any atom is -0.319 e. The quantitative estimate of drug-likeness (QED) is 0.793. The van der Waals surface area contributed by atoms with E-state index in [-0.39, 0.29) is 0 Å². The summed E-state index contributed by atoms with van der Waals surface area (Å²) in [5, 5.41) is 0. The molecule has 0 aliphatic heterocycles. The lowest BCUT2D eigenvalue weighted by atomic mass is 9.88. The molecular weight excluding hydrogens is 239 g/mol. The van der Waals surface area contributed by atoms with E-state index in [1.807, 2.05) is 30.3 Å². The SMILES string of the molecule is CC(C)(CCc1ccccc1)C(=O)P(=O)(O)O. The Kier molecular flexibility index (Phi) is 4.26. The highest BCUT2D eigenvalue weighted by Crippen LogP contribution is 2.45. The van der Waals surface area contributed by atoms with Gasteiger partial charge in [0, 0.05) is 5.41 Å². The number of carbonyl (C=O) groups excluding carboxylic acids is 1. The van der Waals surface area contributed by atoms with E-state index in [1.165, 1.54) is 0 Å². The molecule has 0 radical (unpaired) electrons. The number of aryl methyl sites for hydroxylation is 1. The molecule has 0 bridgehead atoms. The molecule has 0 aromatic heterocycles. The van der Waals surface area contributed by atoms with Gasteiger partial charge in [0.1, 0.15) is 0 Å². The number of carbonyl (C=O) groups is 1. The Morgan fingerprint density at radius 3 is 2.24 bits per heavy atom. The molecule has 94 valence electrons. The highest BCUT2D eigenvalue weighted by molar-refractivity contribution is 7.70. The number of rotatable bonds is 5. The minimum absolute atomic E-state index is 0.418. The number of hydrogen-bond acceptors (Lipinski definition) is 2. The van der Waals surface area contributed by atoms with Gasteiger partial charge in [0.2, 0.25) is 5.52 Å². The fourth-order valence-corrected chi connectivity index (χ4v) is 2.50. The average Bonchev–Trinajstić information content (AvgIpc) is 2.26. The van der Waals surface area contributed by atoms with Gasteiger partial charge in [-0.15, -0.1) is 0 Å². The first kappa shape index (κ1) is 14.1. The van der Waals surface area contributed by atoms with Gasteiger partial charge in [-0.3, -0.25) is 9.36 Å². The molecule has 17 heavy (non-hydrogen) atoms. The molecule has 2 N–H and O–H groups in total. The van der Waals surface area contributed by atoms with E-state index in [0.717, 1.165) is 5.56 Å². The van der Waals surface area contributed by atoms with Crippen LogP contribution in [0.15, 0.2) is 30.3 Å². The van der Waals surface area contributed by atoms with Gasteiger partial charge in [0.05, 0.1) is 0 Å². The fraction of sp³-hybridized carbons (Fsp3) is 0.417. The summed E-state index contributed by atoms with van der Waals surface area (Å²) in [6.45, 7) is 3.13. The Hall–Kier alpha value is -0.960. The van der Waals surface area contributed by atoms with Gasteiger partial charge in [-0.05, 0) is 18.4 Å². The molecule has 1 rings (SSSR count). The zero-order valence-corrected chi connectivity index (χ0v) is 10.9. The maximum absolute atomic E-state index is 11.5. The second kappa shape index (κ2) is 5.13. The van der Waals surface area contributed by atoms with Gasteiger partial charge < -0.3 is 9.79 Å². The van der Waals surface area contributed by atoms with E-state index in [9.17, 15) is 9.36 Å². The van der Waals surface area contributed by atoms with Crippen LogP contribution in [-0.2, 0) is 15.8 Å². The van der Waals surface area contributed by atoms with Crippen molar-refractivity contribution in [2.45, 2.75) is 26.7 Å². The van der Waals surface area contributed by atoms with Crippen LogP contribution in [-0.4, -0.2) is 15.3 Å². The summed E-state index contributed by atoms with van der Waals surface area (Å²) in [5.74, 6) is 0. The van der Waals surface area contributed by atoms with Crippen molar-refractivity contribution in [2.24, 2.45) is 5.41 Å². The van der Waals surface area contributed by atoms with Crippen molar-refractivity contribution in [1.82, 2.24) is 0 Å². The van der Waals surface area contributed by atoms with E-state index < -0.39 is 18.5 Å². The molecular formula is C12H17O4P. The second-order valence-electron chi connectivity index (χ2n) is 4.72. The van der Waals surface area contributed by atoms with Gasteiger partial charge >= 0.3 is 7.60 Å². The summed E-state index contributed by atoms with van der Waals surface area (Å²) in [6.07, 6.45) is 1.04. The van der Waals surface area contributed by atoms with E-state index in [0.29, 0.717) is 12.8 Å². The van der Waals surface area contributed by atoms with Crippen molar-refractivity contribution in [3.8, 4) is 0 Å². The Balaban J connectivity index is 2.68. The lowest BCUT2D eigenvalue weighted by Crippen LogP contribution is -2.24. The third-order valence-corrected chi connectivity index (χ3v) is 3.86. The molecule has 0 saturated heterocycles. The summed E-state index contributed by atoms with van der Waals surface area (Å²) in [5.41, 5.74) is -0.936. The zero-order chi connectivity index (χ0) is 13.1. The van der Waals surface area contributed by atoms with Crippen LogP contribution < -0.4 is 0 Å². The molecule has 1 aromatic rings. The smallest absolute Gasteiger partial charge is 0.319 e. The summed E-state index contributed by atoms with van der Waals surface area (Å²) < 4.78 is 10.9. The topological polar surface area (TPSA) is 74.6 Å². The Labute approximate surface area is 101 Å². The lowest BCUT2D eigenvalue weighted by molar-refractivity contribution is -0.121. The van der Waals surface area contributed by atoms with Crippen LogP contribution in [0.25, 0.3) is 0 Å². The molecule has 0 aliphatic rings. The third kappa shape index (κ3) is 4.08. The van der Waals surface area contributed by atoms with Crippen molar-refractivity contribution in [1.29, 1.82) is 0 Å². The monoisotopic (exact) mass is 256 g/mol. The Bertz CT molecular complexity index is 433. The molecule has 0 spiro atoms. The fourth-order valence-electron chi connectivity index (χ4n) is 1.60. The van der Waals surface area contributed by atoms with Crippen molar-refractivity contribution >= 4 is 13.1 Å². The molecule has 4 nitrogen and oxygen atoms in total. The predicted octanol–water partition coefficient (Wildman–Crippen LogP) is 2.35. The average molecular weight is 256 g/mol. The first-order valence-corrected chi connectivity index (χ1v) is 6.99. The molecule has 1 aromatic carbocycles. The molecule has 5 heteroatoms. The van der Waals surface area contributed by atoms with E-state index in [1.54, 1.807) is 13.8 Å². The normalized spacial score (nSPS) is 12.5. The highest BCUT2D eigenvalue weighted by Gasteiger charge is 2.39. The van der Waals surface area contributed by atoms with Crippen molar-refractivity contribution < 1.29 is 19.1 Å².